The number of nitroso groups, excluding NO2 is 1. The van der Waals surface area contributed by atoms with Gasteiger partial charge in [0.25, 0.3) is 7.98 Å². The number of nitrogens with one attached hydrogen (secondary N) is 1. The molecule has 0 aliphatic carbocycles. The number of methoxy groups -OCH3 is 1. The van der Waals surface area contributed by atoms with Gasteiger partial charge in [-0.25, -0.2) is 9.97 Å². The van der Waals surface area contributed by atoms with Gasteiger partial charge in [-0.05, 0) is 41.6 Å². The van der Waals surface area contributed by atoms with Crippen LogP contribution >= 0.6 is 0 Å². The van der Waals surface area contributed by atoms with Gasteiger partial charge in [-0.2, -0.15) is 5.10 Å². The molecule has 3 aromatic carbocycles. The molecular weight excluding hydrogens is 407 g/mol. The largest absolute Gasteiger partial charge is 0.504 e. The van der Waals surface area contributed by atoms with E-state index >= 15 is 0 Å². The molecule has 5 aromatic rings. The van der Waals surface area contributed by atoms with Gasteiger partial charge in [0.1, 0.15) is 11.5 Å². The van der Waals surface area contributed by atoms with Crippen molar-refractivity contribution in [3.8, 4) is 22.9 Å². The van der Waals surface area contributed by atoms with Gasteiger partial charge >= 0.3 is 0 Å². The van der Waals surface area contributed by atoms with Gasteiger partial charge in [0, 0.05) is 28.1 Å². The molecule has 2 N–H and O–H groups in total. The highest BCUT2D eigenvalue weighted by Gasteiger charge is 2.15. The number of phenols is 1. The van der Waals surface area contributed by atoms with E-state index in [4.69, 9.17) is 12.7 Å². The van der Waals surface area contributed by atoms with E-state index in [1.807, 2.05) is 18.2 Å². The van der Waals surface area contributed by atoms with E-state index in [2.05, 4.69) is 25.6 Å². The Balaban J connectivity index is 1.68. The van der Waals surface area contributed by atoms with Crippen LogP contribution in [0.25, 0.3) is 33.2 Å². The molecule has 9 nitrogen and oxygen atoms in total. The second-order valence-corrected chi connectivity index (χ2v) is 7.07. The monoisotopic (exact) mass is 422 g/mol. The third kappa shape index (κ3) is 3.37. The van der Waals surface area contributed by atoms with Crippen LogP contribution in [0.3, 0.4) is 0 Å². The van der Waals surface area contributed by atoms with Crippen molar-refractivity contribution in [2.45, 2.75) is 0 Å². The third-order valence-corrected chi connectivity index (χ3v) is 5.06. The van der Waals surface area contributed by atoms with E-state index in [0.29, 0.717) is 28.1 Å². The van der Waals surface area contributed by atoms with Gasteiger partial charge in [0.15, 0.2) is 17.3 Å². The number of hydrogen-bond acceptors (Lipinski definition) is 8. The lowest BCUT2D eigenvalue weighted by Gasteiger charge is -2.13. The molecule has 0 saturated heterocycles. The molecule has 2 radical (unpaired) electrons. The van der Waals surface area contributed by atoms with Crippen LogP contribution in [0.1, 0.15) is 0 Å². The Kier molecular flexibility index (Phi) is 4.66. The molecule has 0 fully saturated rings. The second-order valence-electron chi connectivity index (χ2n) is 7.07. The first-order valence-corrected chi connectivity index (χ1v) is 9.58. The number of rotatable bonds is 5. The Labute approximate surface area is 183 Å². The number of nitrogens with zero attached hydrogens (tertiary/aromatic N) is 5. The summed E-state index contributed by atoms with van der Waals surface area (Å²) in [4.78, 5) is 20.2. The highest BCUT2D eigenvalue weighted by Crippen LogP contribution is 2.36. The van der Waals surface area contributed by atoms with Gasteiger partial charge in [0.2, 0.25) is 0 Å². The van der Waals surface area contributed by atoms with Crippen molar-refractivity contribution < 1.29 is 9.84 Å². The van der Waals surface area contributed by atoms with E-state index in [9.17, 15) is 10.0 Å². The lowest BCUT2D eigenvalue weighted by molar-refractivity contribution is 0.374. The van der Waals surface area contributed by atoms with Crippen molar-refractivity contribution in [2.75, 3.05) is 12.4 Å². The number of phenolic OH excluding ortho intramolecular Hbond substituents is 1. The SMILES string of the molecule is [B]n1ncc2cc(Nc3nc(-c4cccc(N=O)c4)nc4cc(OC)c(O)cc34)ccc21. The van der Waals surface area contributed by atoms with Crippen LogP contribution in [0.15, 0.2) is 66.0 Å². The molecule has 0 bridgehead atoms. The van der Waals surface area contributed by atoms with Crippen LogP contribution in [0.5, 0.6) is 11.5 Å². The zero-order chi connectivity index (χ0) is 22.2. The summed E-state index contributed by atoms with van der Waals surface area (Å²) < 4.78 is 6.54. The van der Waals surface area contributed by atoms with Gasteiger partial charge in [-0.1, -0.05) is 12.1 Å². The Morgan fingerprint density at radius 2 is 2.00 bits per heavy atom. The molecule has 0 amide bonds. The van der Waals surface area contributed by atoms with Crippen molar-refractivity contribution >= 4 is 47.0 Å². The van der Waals surface area contributed by atoms with Crippen molar-refractivity contribution in [3.05, 3.63) is 65.7 Å². The highest BCUT2D eigenvalue weighted by atomic mass is 16.5. The van der Waals surface area contributed by atoms with Gasteiger partial charge < -0.3 is 19.8 Å². The molecule has 0 spiro atoms. The summed E-state index contributed by atoms with van der Waals surface area (Å²) in [6.07, 6.45) is 1.67. The summed E-state index contributed by atoms with van der Waals surface area (Å²) in [7, 11) is 7.27. The maximum Gasteiger partial charge on any atom is 0.265 e. The lowest BCUT2D eigenvalue weighted by Crippen LogP contribution is -2.00. The molecule has 0 aliphatic heterocycles. The molecule has 0 saturated carbocycles. The molecule has 10 heteroatoms. The first-order chi connectivity index (χ1) is 15.6. The number of aromatic hydroxyl groups is 1. The first kappa shape index (κ1) is 19.5. The van der Waals surface area contributed by atoms with Crippen molar-refractivity contribution in [1.29, 1.82) is 0 Å². The Morgan fingerprint density at radius 3 is 2.81 bits per heavy atom. The van der Waals surface area contributed by atoms with Crippen LogP contribution < -0.4 is 10.1 Å². The highest BCUT2D eigenvalue weighted by molar-refractivity contribution is 6.10. The third-order valence-electron chi connectivity index (χ3n) is 5.06. The lowest BCUT2D eigenvalue weighted by atomic mass is 10.1. The quantitative estimate of drug-likeness (QED) is 0.318. The number of ether oxygens (including phenoxy) is 1. The molecule has 154 valence electrons. The summed E-state index contributed by atoms with van der Waals surface area (Å²) in [5.41, 5.74) is 2.97. The molecule has 32 heavy (non-hydrogen) atoms. The average molecular weight is 422 g/mol. The maximum absolute atomic E-state index is 11.0. The smallest absolute Gasteiger partial charge is 0.265 e. The average Bonchev–Trinajstić information content (AvgIpc) is 3.18. The topological polar surface area (TPSA) is 115 Å². The summed E-state index contributed by atoms with van der Waals surface area (Å²) >= 11 is 0. The predicted octanol–water partition coefficient (Wildman–Crippen LogP) is 4.43. The maximum atomic E-state index is 11.0. The second kappa shape index (κ2) is 7.66. The van der Waals surface area contributed by atoms with E-state index in [1.165, 1.54) is 11.7 Å². The molecule has 5 rings (SSSR count). The molecule has 0 atom stereocenters. The number of anilines is 2. The Morgan fingerprint density at radius 1 is 1.12 bits per heavy atom. The van der Waals surface area contributed by atoms with E-state index < -0.39 is 0 Å². The van der Waals surface area contributed by atoms with Gasteiger partial charge in [-0.15, -0.1) is 4.91 Å². The van der Waals surface area contributed by atoms with Crippen LogP contribution in [0.2, 0.25) is 0 Å². The first-order valence-electron chi connectivity index (χ1n) is 9.58. The Hall–Kier alpha value is -4.47. The normalized spacial score (nSPS) is 11.0. The van der Waals surface area contributed by atoms with Crippen LogP contribution in [0, 0.1) is 4.91 Å². The summed E-state index contributed by atoms with van der Waals surface area (Å²) in [5, 5.41) is 22.1. The van der Waals surface area contributed by atoms with E-state index in [-0.39, 0.29) is 17.2 Å². The van der Waals surface area contributed by atoms with Gasteiger partial charge in [-0.3, -0.25) is 0 Å². The molecule has 2 aromatic heterocycles. The van der Waals surface area contributed by atoms with Gasteiger partial charge in [0.05, 0.1) is 24.3 Å². The van der Waals surface area contributed by atoms with Crippen LogP contribution in [0.4, 0.5) is 17.2 Å². The fourth-order valence-corrected chi connectivity index (χ4v) is 3.50. The van der Waals surface area contributed by atoms with Crippen LogP contribution in [-0.4, -0.2) is 39.9 Å². The molecular formula is C22H15BN6O3. The number of hydrogen-bond donors (Lipinski definition) is 2. The minimum absolute atomic E-state index is 0.0357. The Bertz CT molecular complexity index is 1500. The van der Waals surface area contributed by atoms with E-state index in [1.54, 1.807) is 42.6 Å². The minimum Gasteiger partial charge on any atom is -0.504 e. The van der Waals surface area contributed by atoms with Crippen molar-refractivity contribution in [3.63, 3.8) is 0 Å². The summed E-state index contributed by atoms with van der Waals surface area (Å²) in [5.74, 6) is 1.10. The number of fused-ring (bicyclic) bond motifs is 2. The zero-order valence-corrected chi connectivity index (χ0v) is 16.9. The fraction of sp³-hybridized carbons (Fsp3) is 0.0455. The molecule has 0 aliphatic rings. The standard InChI is InChI=1S/C22H15BN6O3/c1-32-20-10-17-16(9-19(20)30)22(25-14-5-6-18-13(8-14)11-24-29(18)23)27-21(26-17)12-3-2-4-15(7-12)28-31/h2-11,30H,1H3,(H,25,26,27). The van der Waals surface area contributed by atoms with E-state index in [0.717, 1.165) is 16.6 Å². The minimum atomic E-state index is -0.0357. The molecule has 2 heterocycles. The summed E-state index contributed by atoms with van der Waals surface area (Å²) in [6, 6.07) is 15.5. The molecule has 0 unspecified atom stereocenters. The fourth-order valence-electron chi connectivity index (χ4n) is 3.50. The zero-order valence-electron chi connectivity index (χ0n) is 16.9. The number of benzene rings is 3. The van der Waals surface area contributed by atoms with Crippen LogP contribution in [-0.2, 0) is 0 Å². The van der Waals surface area contributed by atoms with Crippen molar-refractivity contribution in [1.82, 2.24) is 19.7 Å². The number of aromatic nitrogens is 4. The predicted molar refractivity (Wildman–Crippen MR) is 123 cm³/mol. The summed E-state index contributed by atoms with van der Waals surface area (Å²) in [6.45, 7) is 0. The van der Waals surface area contributed by atoms with Crippen molar-refractivity contribution in [2.24, 2.45) is 5.18 Å².